The van der Waals surface area contributed by atoms with E-state index in [4.69, 9.17) is 16.9 Å². The summed E-state index contributed by atoms with van der Waals surface area (Å²) < 4.78 is 26.8. The van der Waals surface area contributed by atoms with Crippen LogP contribution >= 0.6 is 22.9 Å². The molecule has 20 heavy (non-hydrogen) atoms. The smallest absolute Gasteiger partial charge is 0.207 e. The number of nitrogens with one attached hydrogen (secondary N) is 1. The summed E-state index contributed by atoms with van der Waals surface area (Å²) in [6, 6.07) is 9.82. The van der Waals surface area contributed by atoms with E-state index in [-0.39, 0.29) is 16.5 Å². The molecule has 1 heterocycles. The van der Waals surface area contributed by atoms with Crippen molar-refractivity contribution in [1.29, 1.82) is 5.26 Å². The summed E-state index contributed by atoms with van der Waals surface area (Å²) in [7, 11) is -3.69. The molecule has 0 fully saturated rings. The molecule has 2 aromatic rings. The van der Waals surface area contributed by atoms with Crippen molar-refractivity contribution in [2.24, 2.45) is 0 Å². The standard InChI is InChI=1S/C13H11ClN2O2S2/c1-9-2-4-11(19-9)8-16-20(17,18)13-5-3-10(7-15)6-12(13)14/h2-6,16H,8H2,1H3. The molecule has 0 radical (unpaired) electrons. The van der Waals surface area contributed by atoms with Gasteiger partial charge < -0.3 is 0 Å². The van der Waals surface area contributed by atoms with Crippen LogP contribution in [0, 0.1) is 18.3 Å². The number of aryl methyl sites for hydroxylation is 1. The maximum atomic E-state index is 12.2. The maximum absolute atomic E-state index is 12.2. The van der Waals surface area contributed by atoms with E-state index in [1.54, 1.807) is 0 Å². The van der Waals surface area contributed by atoms with E-state index < -0.39 is 10.0 Å². The number of hydrogen-bond donors (Lipinski definition) is 1. The van der Waals surface area contributed by atoms with Gasteiger partial charge in [0.15, 0.2) is 0 Å². The second-order valence-corrected chi connectivity index (χ2v) is 7.61. The molecule has 0 aliphatic heterocycles. The number of hydrogen-bond acceptors (Lipinski definition) is 4. The van der Waals surface area contributed by atoms with Gasteiger partial charge in [-0.1, -0.05) is 11.6 Å². The molecule has 0 amide bonds. The van der Waals surface area contributed by atoms with Crippen LogP contribution < -0.4 is 4.72 Å². The summed E-state index contributed by atoms with van der Waals surface area (Å²) in [5.41, 5.74) is 0.322. The maximum Gasteiger partial charge on any atom is 0.242 e. The Balaban J connectivity index is 2.20. The van der Waals surface area contributed by atoms with Crippen molar-refractivity contribution >= 4 is 33.0 Å². The van der Waals surface area contributed by atoms with Crippen LogP contribution in [0.1, 0.15) is 15.3 Å². The fourth-order valence-corrected chi connectivity index (χ4v) is 4.08. The van der Waals surface area contributed by atoms with E-state index in [2.05, 4.69) is 4.72 Å². The van der Waals surface area contributed by atoms with E-state index in [0.717, 1.165) is 9.75 Å². The number of sulfonamides is 1. The van der Waals surface area contributed by atoms with Gasteiger partial charge in [0.1, 0.15) is 4.90 Å². The monoisotopic (exact) mass is 326 g/mol. The van der Waals surface area contributed by atoms with Crippen molar-refractivity contribution in [2.45, 2.75) is 18.4 Å². The Hall–Kier alpha value is -1.39. The lowest BCUT2D eigenvalue weighted by Gasteiger charge is -2.07. The summed E-state index contributed by atoms with van der Waals surface area (Å²) in [6.45, 7) is 2.18. The third kappa shape index (κ3) is 3.38. The zero-order valence-corrected chi connectivity index (χ0v) is 12.9. The number of halogens is 1. The van der Waals surface area contributed by atoms with Crippen LogP contribution in [0.15, 0.2) is 35.2 Å². The van der Waals surface area contributed by atoms with Gasteiger partial charge in [0.05, 0.1) is 16.7 Å². The van der Waals surface area contributed by atoms with Gasteiger partial charge in [0, 0.05) is 16.3 Å². The van der Waals surface area contributed by atoms with Crippen LogP contribution in [0.2, 0.25) is 5.02 Å². The Morgan fingerprint density at radius 2 is 2.10 bits per heavy atom. The van der Waals surface area contributed by atoms with E-state index in [1.165, 1.54) is 29.5 Å². The van der Waals surface area contributed by atoms with Gasteiger partial charge in [0.2, 0.25) is 10.0 Å². The zero-order valence-electron chi connectivity index (χ0n) is 10.6. The molecule has 1 N–H and O–H groups in total. The first-order chi connectivity index (χ1) is 9.42. The van der Waals surface area contributed by atoms with Crippen molar-refractivity contribution in [3.8, 4) is 6.07 Å². The molecular weight excluding hydrogens is 316 g/mol. The Morgan fingerprint density at radius 3 is 2.65 bits per heavy atom. The quantitative estimate of drug-likeness (QED) is 0.938. The Labute approximate surface area is 126 Å². The minimum atomic E-state index is -3.69. The van der Waals surface area contributed by atoms with Gasteiger partial charge in [-0.2, -0.15) is 5.26 Å². The summed E-state index contributed by atoms with van der Waals surface area (Å²) in [6.07, 6.45) is 0. The summed E-state index contributed by atoms with van der Waals surface area (Å²) >= 11 is 7.44. The molecule has 104 valence electrons. The lowest BCUT2D eigenvalue weighted by Crippen LogP contribution is -2.23. The van der Waals surface area contributed by atoms with Crippen LogP contribution in [0.5, 0.6) is 0 Å². The molecule has 0 aliphatic rings. The molecule has 2 rings (SSSR count). The van der Waals surface area contributed by atoms with Crippen LogP contribution in [0.4, 0.5) is 0 Å². The van der Waals surface area contributed by atoms with Crippen molar-refractivity contribution in [2.75, 3.05) is 0 Å². The molecule has 0 bridgehead atoms. The summed E-state index contributed by atoms with van der Waals surface area (Å²) in [4.78, 5) is 2.03. The molecule has 0 spiro atoms. The first-order valence-corrected chi connectivity index (χ1v) is 8.35. The molecule has 1 aromatic carbocycles. The average molecular weight is 327 g/mol. The molecule has 4 nitrogen and oxygen atoms in total. The van der Waals surface area contributed by atoms with Crippen LogP contribution in [-0.4, -0.2) is 8.42 Å². The largest absolute Gasteiger partial charge is 0.242 e. The van der Waals surface area contributed by atoms with E-state index in [0.29, 0.717) is 5.56 Å². The molecule has 7 heteroatoms. The summed E-state index contributed by atoms with van der Waals surface area (Å²) in [5, 5.41) is 8.78. The second kappa shape index (κ2) is 5.94. The number of nitriles is 1. The van der Waals surface area contributed by atoms with E-state index >= 15 is 0 Å². The molecule has 1 aromatic heterocycles. The number of thiophene rings is 1. The Kier molecular flexibility index (Phi) is 4.45. The number of benzene rings is 1. The van der Waals surface area contributed by atoms with Gasteiger partial charge in [-0.3, -0.25) is 0 Å². The zero-order chi connectivity index (χ0) is 14.8. The van der Waals surface area contributed by atoms with Gasteiger partial charge >= 0.3 is 0 Å². The second-order valence-electron chi connectivity index (χ2n) is 4.09. The number of nitrogens with zero attached hydrogens (tertiary/aromatic N) is 1. The lowest BCUT2D eigenvalue weighted by atomic mass is 10.2. The molecule has 0 unspecified atom stereocenters. The van der Waals surface area contributed by atoms with Crippen molar-refractivity contribution in [1.82, 2.24) is 4.72 Å². The Morgan fingerprint density at radius 1 is 1.35 bits per heavy atom. The third-order valence-corrected chi connectivity index (χ3v) is 5.47. The van der Waals surface area contributed by atoms with E-state index in [9.17, 15) is 8.42 Å². The predicted molar refractivity (Wildman–Crippen MR) is 79.2 cm³/mol. The molecular formula is C13H11ClN2O2S2. The highest BCUT2D eigenvalue weighted by Gasteiger charge is 2.18. The molecule has 0 aliphatic carbocycles. The topological polar surface area (TPSA) is 70.0 Å². The first kappa shape index (κ1) is 15.0. The highest BCUT2D eigenvalue weighted by atomic mass is 35.5. The van der Waals surface area contributed by atoms with Crippen LogP contribution in [-0.2, 0) is 16.6 Å². The van der Waals surface area contributed by atoms with Gasteiger partial charge in [0.25, 0.3) is 0 Å². The average Bonchev–Trinajstić information content (AvgIpc) is 2.82. The van der Waals surface area contributed by atoms with Crippen molar-refractivity contribution in [3.63, 3.8) is 0 Å². The fourth-order valence-electron chi connectivity index (χ4n) is 1.61. The highest BCUT2D eigenvalue weighted by molar-refractivity contribution is 7.89. The highest BCUT2D eigenvalue weighted by Crippen LogP contribution is 2.23. The number of rotatable bonds is 4. The fraction of sp³-hybridized carbons (Fsp3) is 0.154. The van der Waals surface area contributed by atoms with E-state index in [1.807, 2.05) is 25.1 Å². The minimum Gasteiger partial charge on any atom is -0.207 e. The van der Waals surface area contributed by atoms with Gasteiger partial charge in [-0.25, -0.2) is 13.1 Å². The molecule has 0 atom stereocenters. The molecule has 0 saturated carbocycles. The van der Waals surface area contributed by atoms with Crippen molar-refractivity contribution in [3.05, 3.63) is 50.7 Å². The van der Waals surface area contributed by atoms with Crippen molar-refractivity contribution < 1.29 is 8.42 Å². The van der Waals surface area contributed by atoms with Crippen LogP contribution in [0.3, 0.4) is 0 Å². The Bertz CT molecular complexity index is 776. The third-order valence-electron chi connectivity index (χ3n) is 2.58. The molecule has 0 saturated heterocycles. The lowest BCUT2D eigenvalue weighted by molar-refractivity contribution is 0.582. The van der Waals surface area contributed by atoms with Crippen LogP contribution in [0.25, 0.3) is 0 Å². The summed E-state index contributed by atoms with van der Waals surface area (Å²) in [5.74, 6) is 0. The minimum absolute atomic E-state index is 0.0218. The predicted octanol–water partition coefficient (Wildman–Crippen LogP) is 3.06. The van der Waals surface area contributed by atoms with Gasteiger partial charge in [-0.15, -0.1) is 11.3 Å². The van der Waals surface area contributed by atoms with Gasteiger partial charge in [-0.05, 0) is 37.3 Å². The SMILES string of the molecule is Cc1ccc(CNS(=O)(=O)c2ccc(C#N)cc2Cl)s1. The first-order valence-electron chi connectivity index (χ1n) is 5.67. The normalized spacial score (nSPS) is 11.2.